The largest absolute Gasteiger partial charge is 0.486 e. The smallest absolute Gasteiger partial charge is 0.259 e. The van der Waals surface area contributed by atoms with Crippen molar-refractivity contribution >= 4 is 17.5 Å². The molecule has 0 unspecified atom stereocenters. The Morgan fingerprint density at radius 1 is 1.03 bits per heavy atom. The molecule has 3 aliphatic rings. The molecule has 31 heavy (non-hydrogen) atoms. The Morgan fingerprint density at radius 3 is 2.48 bits per heavy atom. The molecule has 0 saturated heterocycles. The molecule has 0 atom stereocenters. The van der Waals surface area contributed by atoms with E-state index in [2.05, 4.69) is 24.0 Å². The van der Waals surface area contributed by atoms with Crippen LogP contribution in [-0.2, 0) is 10.2 Å². The minimum Gasteiger partial charge on any atom is -0.486 e. The summed E-state index contributed by atoms with van der Waals surface area (Å²) in [6.07, 6.45) is 4.27. The molecule has 2 heterocycles. The van der Waals surface area contributed by atoms with Crippen molar-refractivity contribution in [3.63, 3.8) is 0 Å². The zero-order valence-corrected chi connectivity index (χ0v) is 17.5. The van der Waals surface area contributed by atoms with Gasteiger partial charge < -0.3 is 14.8 Å². The number of benzene rings is 2. The summed E-state index contributed by atoms with van der Waals surface area (Å²) in [5.41, 5.74) is 3.02. The predicted octanol–water partition coefficient (Wildman–Crippen LogP) is 3.51. The zero-order chi connectivity index (χ0) is 21.4. The van der Waals surface area contributed by atoms with Crippen LogP contribution in [-0.4, -0.2) is 43.0 Å². The maximum atomic E-state index is 12.8. The number of ether oxygens (including phenoxy) is 2. The molecule has 160 valence electrons. The fraction of sp³-hybridized carbons (Fsp3) is 0.360. The number of amides is 2. The van der Waals surface area contributed by atoms with E-state index in [9.17, 15) is 9.59 Å². The predicted molar refractivity (Wildman–Crippen MR) is 117 cm³/mol. The van der Waals surface area contributed by atoms with Gasteiger partial charge in [0.2, 0.25) is 5.91 Å². The Hall–Kier alpha value is -3.28. The molecule has 1 N–H and O–H groups in total. The summed E-state index contributed by atoms with van der Waals surface area (Å²) in [6.45, 7) is 5.65. The molecule has 6 nitrogen and oxygen atoms in total. The van der Waals surface area contributed by atoms with Crippen molar-refractivity contribution in [2.75, 3.05) is 26.3 Å². The Labute approximate surface area is 181 Å². The Bertz CT molecular complexity index is 1020. The van der Waals surface area contributed by atoms with Gasteiger partial charge in [-0.3, -0.25) is 14.5 Å². The summed E-state index contributed by atoms with van der Waals surface area (Å²) in [5.74, 6) is 1.21. The first kappa shape index (κ1) is 19.7. The van der Waals surface area contributed by atoms with Gasteiger partial charge in [-0.15, -0.1) is 0 Å². The van der Waals surface area contributed by atoms with E-state index in [-0.39, 0.29) is 23.8 Å². The van der Waals surface area contributed by atoms with Crippen LogP contribution in [0, 0.1) is 0 Å². The Kier molecular flexibility index (Phi) is 4.93. The maximum Gasteiger partial charge on any atom is 0.259 e. The summed E-state index contributed by atoms with van der Waals surface area (Å²) < 4.78 is 11.4. The van der Waals surface area contributed by atoms with E-state index >= 15 is 0 Å². The van der Waals surface area contributed by atoms with Gasteiger partial charge in [0.1, 0.15) is 19.8 Å². The van der Waals surface area contributed by atoms with Crippen molar-refractivity contribution in [1.29, 1.82) is 0 Å². The molecule has 6 heteroatoms. The van der Waals surface area contributed by atoms with Crippen LogP contribution >= 0.6 is 0 Å². The molecule has 5 rings (SSSR count). The van der Waals surface area contributed by atoms with Gasteiger partial charge in [0.25, 0.3) is 5.91 Å². The van der Waals surface area contributed by atoms with Gasteiger partial charge in [-0.25, -0.2) is 0 Å². The molecule has 2 amide bonds. The van der Waals surface area contributed by atoms with Crippen LogP contribution in [0.25, 0.3) is 5.70 Å². The molecule has 0 aromatic heterocycles. The van der Waals surface area contributed by atoms with Crippen LogP contribution in [0.2, 0.25) is 0 Å². The summed E-state index contributed by atoms with van der Waals surface area (Å²) in [7, 11) is 0. The third-order valence-electron chi connectivity index (χ3n) is 6.68. The average Bonchev–Trinajstić information content (AvgIpc) is 3.38. The maximum absolute atomic E-state index is 12.8. The Balaban J connectivity index is 1.28. The normalized spacial score (nSPS) is 18.8. The molecule has 2 aromatic rings. The minimum atomic E-state index is -0.175. The van der Waals surface area contributed by atoms with E-state index < -0.39 is 0 Å². The number of rotatable bonds is 5. The fourth-order valence-corrected chi connectivity index (χ4v) is 4.96. The second-order valence-electron chi connectivity index (χ2n) is 8.51. The van der Waals surface area contributed by atoms with Crippen LogP contribution in [0.4, 0.5) is 0 Å². The first-order valence-corrected chi connectivity index (χ1v) is 10.8. The van der Waals surface area contributed by atoms with Crippen LogP contribution in [0.5, 0.6) is 11.5 Å². The van der Waals surface area contributed by atoms with Crippen LogP contribution in [0.1, 0.15) is 47.2 Å². The number of nitrogens with zero attached hydrogens (tertiary/aromatic N) is 1. The van der Waals surface area contributed by atoms with Gasteiger partial charge in [-0.1, -0.05) is 43.7 Å². The quantitative estimate of drug-likeness (QED) is 0.807. The molecule has 1 fully saturated rings. The third-order valence-corrected chi connectivity index (χ3v) is 6.68. The highest BCUT2D eigenvalue weighted by Gasteiger charge is 2.37. The summed E-state index contributed by atoms with van der Waals surface area (Å²) in [4.78, 5) is 27.0. The van der Waals surface area contributed by atoms with E-state index in [0.29, 0.717) is 31.0 Å². The van der Waals surface area contributed by atoms with Crippen molar-refractivity contribution in [3.8, 4) is 11.5 Å². The van der Waals surface area contributed by atoms with Crippen molar-refractivity contribution in [3.05, 3.63) is 65.7 Å². The van der Waals surface area contributed by atoms with Crippen molar-refractivity contribution < 1.29 is 19.1 Å². The van der Waals surface area contributed by atoms with Gasteiger partial charge in [-0.05, 0) is 36.6 Å². The average molecular weight is 418 g/mol. The first-order valence-electron chi connectivity index (χ1n) is 10.8. The van der Waals surface area contributed by atoms with E-state index in [0.717, 1.165) is 42.7 Å². The number of nitrogens with one attached hydrogen (secondary N) is 1. The van der Waals surface area contributed by atoms with Gasteiger partial charge in [0.05, 0.1) is 0 Å². The highest BCUT2D eigenvalue weighted by molar-refractivity contribution is 6.10. The SMILES string of the molecule is C=C1c2ccccc2C(=O)N1CC(=O)NCC1(c2ccc3c(c2)OCCO3)CCCC1. The molecule has 2 aliphatic heterocycles. The monoisotopic (exact) mass is 418 g/mol. The molecule has 0 bridgehead atoms. The molecular formula is C25H26N2O4. The van der Waals surface area contributed by atoms with Gasteiger partial charge in [-0.2, -0.15) is 0 Å². The summed E-state index contributed by atoms with van der Waals surface area (Å²) >= 11 is 0. The van der Waals surface area contributed by atoms with Crippen LogP contribution in [0.3, 0.4) is 0 Å². The second-order valence-corrected chi connectivity index (χ2v) is 8.51. The van der Waals surface area contributed by atoms with Crippen molar-refractivity contribution in [2.24, 2.45) is 0 Å². The number of carbonyl (C=O) groups is 2. The second kappa shape index (κ2) is 7.76. The molecule has 1 saturated carbocycles. The lowest BCUT2D eigenvalue weighted by Crippen LogP contribution is -2.43. The van der Waals surface area contributed by atoms with E-state index in [1.807, 2.05) is 24.3 Å². The summed E-state index contributed by atoms with van der Waals surface area (Å²) in [6, 6.07) is 13.5. The highest BCUT2D eigenvalue weighted by Crippen LogP contribution is 2.44. The fourth-order valence-electron chi connectivity index (χ4n) is 4.96. The van der Waals surface area contributed by atoms with Gasteiger partial charge in [0, 0.05) is 28.8 Å². The Morgan fingerprint density at radius 2 is 1.74 bits per heavy atom. The number of hydrogen-bond donors (Lipinski definition) is 1. The lowest BCUT2D eigenvalue weighted by molar-refractivity contribution is -0.121. The van der Waals surface area contributed by atoms with Crippen molar-refractivity contribution in [2.45, 2.75) is 31.1 Å². The van der Waals surface area contributed by atoms with E-state index in [4.69, 9.17) is 9.47 Å². The van der Waals surface area contributed by atoms with E-state index in [1.54, 1.807) is 6.07 Å². The summed E-state index contributed by atoms with van der Waals surface area (Å²) in [5, 5.41) is 3.09. The van der Waals surface area contributed by atoms with Crippen molar-refractivity contribution in [1.82, 2.24) is 10.2 Å². The van der Waals surface area contributed by atoms with Crippen LogP contribution < -0.4 is 14.8 Å². The minimum absolute atomic E-state index is 0.0242. The molecule has 0 spiro atoms. The topological polar surface area (TPSA) is 67.9 Å². The van der Waals surface area contributed by atoms with Crippen LogP contribution in [0.15, 0.2) is 49.0 Å². The molecule has 0 radical (unpaired) electrons. The molecule has 2 aromatic carbocycles. The lowest BCUT2D eigenvalue weighted by atomic mass is 9.78. The van der Waals surface area contributed by atoms with Gasteiger partial charge in [0.15, 0.2) is 11.5 Å². The first-order chi connectivity index (χ1) is 15.1. The molecule has 1 aliphatic carbocycles. The number of hydrogen-bond acceptors (Lipinski definition) is 4. The van der Waals surface area contributed by atoms with E-state index in [1.165, 1.54) is 10.5 Å². The standard InChI is InChI=1S/C25H26N2O4/c1-17-19-6-2-3-7-20(19)24(29)27(17)15-23(28)26-16-25(10-4-5-11-25)18-8-9-21-22(14-18)31-13-12-30-21/h2-3,6-9,14H,1,4-5,10-13,15-16H2,(H,26,28). The zero-order valence-electron chi connectivity index (χ0n) is 17.5. The number of fused-ring (bicyclic) bond motifs is 2. The molecular weight excluding hydrogens is 392 g/mol. The van der Waals surface area contributed by atoms with Gasteiger partial charge >= 0.3 is 0 Å². The lowest BCUT2D eigenvalue weighted by Gasteiger charge is -2.31. The highest BCUT2D eigenvalue weighted by atomic mass is 16.6. The third kappa shape index (κ3) is 3.46. The number of carbonyl (C=O) groups excluding carboxylic acids is 2.